The van der Waals surface area contributed by atoms with Gasteiger partial charge in [0.1, 0.15) is 13.2 Å². The van der Waals surface area contributed by atoms with E-state index in [0.717, 1.165) is 17.1 Å². The van der Waals surface area contributed by atoms with Crippen molar-refractivity contribution in [1.82, 2.24) is 10.2 Å². The van der Waals surface area contributed by atoms with Crippen LogP contribution in [0, 0.1) is 0 Å². The maximum Gasteiger partial charge on any atom is 0.161 e. The van der Waals surface area contributed by atoms with Crippen molar-refractivity contribution in [3.8, 4) is 22.6 Å². The van der Waals surface area contributed by atoms with Crippen molar-refractivity contribution in [2.24, 2.45) is 0 Å². The summed E-state index contributed by atoms with van der Waals surface area (Å²) in [7, 11) is 0. The van der Waals surface area contributed by atoms with E-state index in [1.165, 1.54) is 24.1 Å². The Morgan fingerprint density at radius 1 is 1.11 bits per heavy atom. The highest BCUT2D eigenvalue weighted by Crippen LogP contribution is 2.44. The maximum absolute atomic E-state index is 5.62. The lowest BCUT2D eigenvalue weighted by atomic mass is 10.0. The molecule has 1 aliphatic carbocycles. The Morgan fingerprint density at radius 2 is 1.94 bits per heavy atom. The molecule has 1 aromatic carbocycles. The average molecular weight is 242 g/mol. The Bertz CT molecular complexity index is 587. The van der Waals surface area contributed by atoms with E-state index in [9.17, 15) is 0 Å². The van der Waals surface area contributed by atoms with Gasteiger partial charge in [-0.05, 0) is 30.5 Å². The third kappa shape index (κ3) is 1.56. The van der Waals surface area contributed by atoms with Crippen molar-refractivity contribution in [3.63, 3.8) is 0 Å². The molecule has 0 atom stereocenters. The molecule has 0 saturated heterocycles. The second-order valence-corrected chi connectivity index (χ2v) is 4.83. The molecule has 92 valence electrons. The summed E-state index contributed by atoms with van der Waals surface area (Å²) in [5, 5.41) is 7.30. The largest absolute Gasteiger partial charge is 0.486 e. The zero-order chi connectivity index (χ0) is 11.9. The van der Waals surface area contributed by atoms with E-state index in [1.807, 2.05) is 18.3 Å². The van der Waals surface area contributed by atoms with Crippen LogP contribution in [0.4, 0.5) is 0 Å². The molecule has 4 rings (SSSR count). The normalized spacial score (nSPS) is 17.8. The minimum atomic E-state index is 0.622. The number of H-pyrrole nitrogens is 1. The predicted octanol–water partition coefficient (Wildman–Crippen LogP) is 2.73. The van der Waals surface area contributed by atoms with Gasteiger partial charge in [0.25, 0.3) is 0 Å². The number of nitrogens with zero attached hydrogens (tertiary/aromatic N) is 1. The van der Waals surface area contributed by atoms with Crippen molar-refractivity contribution < 1.29 is 9.47 Å². The number of aromatic amines is 1. The van der Waals surface area contributed by atoms with E-state index >= 15 is 0 Å². The third-order valence-electron chi connectivity index (χ3n) is 3.51. The van der Waals surface area contributed by atoms with Crippen LogP contribution in [0.5, 0.6) is 11.5 Å². The molecule has 2 heterocycles. The third-order valence-corrected chi connectivity index (χ3v) is 3.51. The zero-order valence-electron chi connectivity index (χ0n) is 9.98. The van der Waals surface area contributed by atoms with Crippen molar-refractivity contribution in [2.75, 3.05) is 13.2 Å². The first kappa shape index (κ1) is 10.00. The number of hydrogen-bond acceptors (Lipinski definition) is 3. The lowest BCUT2D eigenvalue weighted by Crippen LogP contribution is -2.15. The van der Waals surface area contributed by atoms with Gasteiger partial charge in [0, 0.05) is 17.2 Å². The summed E-state index contributed by atoms with van der Waals surface area (Å²) in [6.45, 7) is 1.25. The maximum atomic E-state index is 5.62. The molecule has 0 bridgehead atoms. The second kappa shape index (κ2) is 3.77. The quantitative estimate of drug-likeness (QED) is 0.880. The van der Waals surface area contributed by atoms with E-state index in [2.05, 4.69) is 16.3 Å². The van der Waals surface area contributed by atoms with Gasteiger partial charge in [0.15, 0.2) is 11.5 Å². The van der Waals surface area contributed by atoms with Gasteiger partial charge in [0.2, 0.25) is 0 Å². The fraction of sp³-hybridized carbons (Fsp3) is 0.357. The second-order valence-electron chi connectivity index (χ2n) is 4.83. The van der Waals surface area contributed by atoms with E-state index in [-0.39, 0.29) is 0 Å². The molecule has 4 heteroatoms. The molecule has 0 spiro atoms. The number of rotatable bonds is 2. The van der Waals surface area contributed by atoms with Crippen LogP contribution in [0.1, 0.15) is 24.5 Å². The molecule has 1 aromatic heterocycles. The molecule has 2 aromatic rings. The Hall–Kier alpha value is -1.97. The van der Waals surface area contributed by atoms with Crippen LogP contribution in [0.2, 0.25) is 0 Å². The van der Waals surface area contributed by atoms with Crippen molar-refractivity contribution >= 4 is 0 Å². The van der Waals surface area contributed by atoms with Gasteiger partial charge >= 0.3 is 0 Å². The number of ether oxygens (including phenoxy) is 2. The van der Waals surface area contributed by atoms with Gasteiger partial charge in [-0.2, -0.15) is 5.10 Å². The summed E-state index contributed by atoms with van der Waals surface area (Å²) in [5.74, 6) is 2.33. The number of nitrogens with one attached hydrogen (secondary N) is 1. The molecular weight excluding hydrogens is 228 g/mol. The first-order valence-electron chi connectivity index (χ1n) is 6.35. The Kier molecular flexibility index (Phi) is 2.09. The average Bonchev–Trinajstić information content (AvgIpc) is 3.16. The monoisotopic (exact) mass is 242 g/mol. The lowest BCUT2D eigenvalue weighted by molar-refractivity contribution is 0.171. The molecular formula is C14H14N2O2. The summed E-state index contributed by atoms with van der Waals surface area (Å²) < 4.78 is 11.2. The SMILES string of the molecule is c1cc2c(cc1-c1cn[nH]c1C1CC1)OCCO2. The molecule has 18 heavy (non-hydrogen) atoms. The zero-order valence-corrected chi connectivity index (χ0v) is 9.98. The minimum absolute atomic E-state index is 0.622. The lowest BCUT2D eigenvalue weighted by Gasteiger charge is -2.18. The standard InChI is InChI=1S/C14H14N2O2/c1-2-9(1)14-11(8-15-16-14)10-3-4-12-13(7-10)18-6-5-17-12/h3-4,7-9H,1-2,5-6H2,(H,15,16). The van der Waals surface area contributed by atoms with E-state index in [1.54, 1.807) is 0 Å². The van der Waals surface area contributed by atoms with Gasteiger partial charge < -0.3 is 9.47 Å². The van der Waals surface area contributed by atoms with E-state index in [4.69, 9.17) is 9.47 Å². The van der Waals surface area contributed by atoms with Crippen LogP contribution in [0.3, 0.4) is 0 Å². The minimum Gasteiger partial charge on any atom is -0.486 e. The van der Waals surface area contributed by atoms with Crippen LogP contribution in [-0.4, -0.2) is 23.4 Å². The van der Waals surface area contributed by atoms with Crippen LogP contribution in [-0.2, 0) is 0 Å². The molecule has 2 aliphatic rings. The summed E-state index contributed by atoms with van der Waals surface area (Å²) in [6, 6.07) is 6.10. The Morgan fingerprint density at radius 3 is 2.78 bits per heavy atom. The summed E-state index contributed by atoms with van der Waals surface area (Å²) in [6.07, 6.45) is 4.43. The molecule has 1 fully saturated rings. The van der Waals surface area contributed by atoms with Gasteiger partial charge in [0.05, 0.1) is 6.20 Å². The highest BCUT2D eigenvalue weighted by molar-refractivity contribution is 5.69. The fourth-order valence-electron chi connectivity index (χ4n) is 2.42. The van der Waals surface area contributed by atoms with Gasteiger partial charge in [-0.3, -0.25) is 5.10 Å². The van der Waals surface area contributed by atoms with Crippen molar-refractivity contribution in [1.29, 1.82) is 0 Å². The van der Waals surface area contributed by atoms with Crippen LogP contribution < -0.4 is 9.47 Å². The summed E-state index contributed by atoms with van der Waals surface area (Å²) in [5.41, 5.74) is 3.59. The van der Waals surface area contributed by atoms with Crippen LogP contribution >= 0.6 is 0 Å². The fourth-order valence-corrected chi connectivity index (χ4v) is 2.42. The highest BCUT2D eigenvalue weighted by Gasteiger charge is 2.28. The number of hydrogen-bond donors (Lipinski definition) is 1. The Labute approximate surface area is 105 Å². The highest BCUT2D eigenvalue weighted by atomic mass is 16.6. The van der Waals surface area contributed by atoms with Crippen LogP contribution in [0.15, 0.2) is 24.4 Å². The van der Waals surface area contributed by atoms with Gasteiger partial charge in [-0.25, -0.2) is 0 Å². The smallest absolute Gasteiger partial charge is 0.161 e. The number of benzene rings is 1. The van der Waals surface area contributed by atoms with Gasteiger partial charge in [-0.15, -0.1) is 0 Å². The Balaban J connectivity index is 1.77. The molecule has 1 saturated carbocycles. The summed E-state index contributed by atoms with van der Waals surface area (Å²) in [4.78, 5) is 0. The first-order chi connectivity index (χ1) is 8.92. The molecule has 4 nitrogen and oxygen atoms in total. The van der Waals surface area contributed by atoms with E-state index < -0.39 is 0 Å². The number of fused-ring (bicyclic) bond motifs is 1. The first-order valence-corrected chi connectivity index (χ1v) is 6.35. The molecule has 0 amide bonds. The molecule has 1 N–H and O–H groups in total. The molecule has 0 radical (unpaired) electrons. The van der Waals surface area contributed by atoms with Crippen molar-refractivity contribution in [3.05, 3.63) is 30.1 Å². The van der Waals surface area contributed by atoms with E-state index in [0.29, 0.717) is 19.1 Å². The summed E-state index contributed by atoms with van der Waals surface area (Å²) >= 11 is 0. The molecule has 0 unspecified atom stereocenters. The van der Waals surface area contributed by atoms with Gasteiger partial charge in [-0.1, -0.05) is 6.07 Å². The topological polar surface area (TPSA) is 47.1 Å². The van der Waals surface area contributed by atoms with Crippen molar-refractivity contribution in [2.45, 2.75) is 18.8 Å². The predicted molar refractivity (Wildman–Crippen MR) is 67.0 cm³/mol. The number of aromatic nitrogens is 2. The van der Waals surface area contributed by atoms with Crippen LogP contribution in [0.25, 0.3) is 11.1 Å². The molecule has 1 aliphatic heterocycles.